The number of carbonyl (C=O) groups is 1. The number of unbranched alkanes of at least 4 members (excludes halogenated alkanes) is 2. The van der Waals surface area contributed by atoms with E-state index in [1.165, 1.54) is 28.3 Å². The van der Waals surface area contributed by atoms with Gasteiger partial charge in [0.15, 0.2) is 0 Å². The van der Waals surface area contributed by atoms with Crippen molar-refractivity contribution in [3.05, 3.63) is 77.9 Å². The van der Waals surface area contributed by atoms with E-state index < -0.39 is 5.97 Å². The zero-order chi connectivity index (χ0) is 24.5. The van der Waals surface area contributed by atoms with Gasteiger partial charge in [0.1, 0.15) is 5.75 Å². The van der Waals surface area contributed by atoms with Gasteiger partial charge in [0.2, 0.25) is 0 Å². The van der Waals surface area contributed by atoms with Gasteiger partial charge in [-0.3, -0.25) is 14.6 Å². The van der Waals surface area contributed by atoms with E-state index in [2.05, 4.69) is 64.4 Å². The number of fused-ring (bicyclic) bond motifs is 1. The third-order valence-corrected chi connectivity index (χ3v) is 7.21. The van der Waals surface area contributed by atoms with Crippen LogP contribution in [0.5, 0.6) is 5.75 Å². The maximum atomic E-state index is 10.9. The first-order valence-electron chi connectivity index (χ1n) is 12.9. The van der Waals surface area contributed by atoms with E-state index in [1.54, 1.807) is 7.11 Å². The summed E-state index contributed by atoms with van der Waals surface area (Å²) in [7, 11) is 1.70. The number of methoxy groups -OCH3 is 1. The molecule has 186 valence electrons. The molecule has 35 heavy (non-hydrogen) atoms. The van der Waals surface area contributed by atoms with E-state index in [0.29, 0.717) is 6.04 Å². The molecule has 1 fully saturated rings. The number of aliphatic carboxylic acids is 1. The van der Waals surface area contributed by atoms with Crippen LogP contribution < -0.4 is 4.74 Å². The second-order valence-corrected chi connectivity index (χ2v) is 9.65. The molecule has 1 aliphatic rings. The van der Waals surface area contributed by atoms with Crippen molar-refractivity contribution >= 4 is 16.7 Å². The predicted octanol–water partition coefficient (Wildman–Crippen LogP) is 5.61. The number of nitrogens with zero attached hydrogens (tertiary/aromatic N) is 2. The van der Waals surface area contributed by atoms with Crippen molar-refractivity contribution in [1.29, 1.82) is 0 Å². The van der Waals surface area contributed by atoms with Gasteiger partial charge in [0.05, 0.1) is 7.11 Å². The molecule has 0 aliphatic carbocycles. The number of ether oxygens (including phenoxy) is 1. The highest BCUT2D eigenvalue weighted by atomic mass is 16.5. The fraction of sp³-hybridized carbons (Fsp3) is 0.433. The number of rotatable bonds is 13. The minimum Gasteiger partial charge on any atom is -0.497 e. The Balaban J connectivity index is 1.37. The largest absolute Gasteiger partial charge is 0.497 e. The van der Waals surface area contributed by atoms with E-state index in [0.717, 1.165) is 64.2 Å². The summed E-state index contributed by atoms with van der Waals surface area (Å²) in [6.45, 7) is 5.23. The molecule has 4 rings (SSSR count). The third kappa shape index (κ3) is 7.30. The Kier molecular flexibility index (Phi) is 9.15. The number of hydrogen-bond acceptors (Lipinski definition) is 4. The number of benzene rings is 3. The quantitative estimate of drug-likeness (QED) is 0.326. The molecule has 1 saturated heterocycles. The van der Waals surface area contributed by atoms with Crippen LogP contribution >= 0.6 is 0 Å². The Morgan fingerprint density at radius 1 is 1.00 bits per heavy atom. The second kappa shape index (κ2) is 12.7. The molecule has 1 unspecified atom stereocenters. The van der Waals surface area contributed by atoms with Gasteiger partial charge in [-0.2, -0.15) is 0 Å². The summed E-state index contributed by atoms with van der Waals surface area (Å²) in [5, 5.41) is 11.6. The molecule has 3 aromatic carbocycles. The molecule has 5 nitrogen and oxygen atoms in total. The number of likely N-dealkylation sites (tertiary alicyclic amines) is 1. The fourth-order valence-electron chi connectivity index (χ4n) is 5.26. The van der Waals surface area contributed by atoms with Crippen LogP contribution in [0.15, 0.2) is 66.7 Å². The summed E-state index contributed by atoms with van der Waals surface area (Å²) in [6, 6.07) is 24.2. The lowest BCUT2D eigenvalue weighted by Crippen LogP contribution is -2.39. The van der Waals surface area contributed by atoms with Crippen LogP contribution in [-0.2, 0) is 17.8 Å². The average molecular weight is 475 g/mol. The van der Waals surface area contributed by atoms with Gasteiger partial charge in [-0.25, -0.2) is 0 Å². The van der Waals surface area contributed by atoms with Gasteiger partial charge in [-0.15, -0.1) is 0 Å². The summed E-state index contributed by atoms with van der Waals surface area (Å²) < 4.78 is 5.29. The Morgan fingerprint density at radius 3 is 2.60 bits per heavy atom. The summed E-state index contributed by atoms with van der Waals surface area (Å²) in [4.78, 5) is 16.1. The van der Waals surface area contributed by atoms with Crippen LogP contribution in [0.25, 0.3) is 10.8 Å². The van der Waals surface area contributed by atoms with Gasteiger partial charge >= 0.3 is 5.97 Å². The zero-order valence-corrected chi connectivity index (χ0v) is 20.9. The van der Waals surface area contributed by atoms with Crippen LogP contribution in [0.2, 0.25) is 0 Å². The molecule has 1 N–H and O–H groups in total. The van der Waals surface area contributed by atoms with E-state index >= 15 is 0 Å². The second-order valence-electron chi connectivity index (χ2n) is 9.65. The van der Waals surface area contributed by atoms with Crippen molar-refractivity contribution in [2.45, 2.75) is 51.1 Å². The Bertz CT molecular complexity index is 1080. The smallest absolute Gasteiger partial charge is 0.303 e. The zero-order valence-electron chi connectivity index (χ0n) is 20.9. The first kappa shape index (κ1) is 25.2. The highest BCUT2D eigenvalue weighted by molar-refractivity contribution is 5.85. The Morgan fingerprint density at radius 2 is 1.80 bits per heavy atom. The molecule has 1 atom stereocenters. The third-order valence-electron chi connectivity index (χ3n) is 7.21. The van der Waals surface area contributed by atoms with Crippen LogP contribution in [0.1, 0.15) is 43.2 Å². The fourth-order valence-corrected chi connectivity index (χ4v) is 5.26. The van der Waals surface area contributed by atoms with Crippen molar-refractivity contribution in [2.75, 3.05) is 33.3 Å². The molecule has 0 spiro atoms. The topological polar surface area (TPSA) is 53.0 Å². The molecule has 0 aromatic heterocycles. The van der Waals surface area contributed by atoms with E-state index in [-0.39, 0.29) is 6.42 Å². The molecule has 0 saturated carbocycles. The molecule has 1 aliphatic heterocycles. The van der Waals surface area contributed by atoms with Gasteiger partial charge < -0.3 is 9.84 Å². The average Bonchev–Trinajstić information content (AvgIpc) is 3.34. The first-order chi connectivity index (χ1) is 17.1. The summed E-state index contributed by atoms with van der Waals surface area (Å²) >= 11 is 0. The Labute approximate surface area is 209 Å². The molecule has 0 amide bonds. The van der Waals surface area contributed by atoms with Gasteiger partial charge in [0.25, 0.3) is 0 Å². The Hall–Kier alpha value is -2.89. The lowest BCUT2D eigenvalue weighted by molar-refractivity contribution is -0.137. The van der Waals surface area contributed by atoms with Gasteiger partial charge in [-0.1, -0.05) is 61.0 Å². The lowest BCUT2D eigenvalue weighted by Gasteiger charge is -2.29. The first-order valence-corrected chi connectivity index (χ1v) is 12.9. The minimum absolute atomic E-state index is 0.273. The molecule has 5 heteroatoms. The van der Waals surface area contributed by atoms with E-state index in [4.69, 9.17) is 9.84 Å². The van der Waals surface area contributed by atoms with Crippen LogP contribution in [-0.4, -0.2) is 60.2 Å². The number of hydrogen-bond donors (Lipinski definition) is 1. The lowest BCUT2D eigenvalue weighted by atomic mass is 10.0. The van der Waals surface area contributed by atoms with E-state index in [1.807, 2.05) is 12.1 Å². The van der Waals surface area contributed by atoms with Crippen molar-refractivity contribution in [2.24, 2.45) is 0 Å². The summed E-state index contributed by atoms with van der Waals surface area (Å²) in [6.07, 6.45) is 5.28. The van der Waals surface area contributed by atoms with Crippen molar-refractivity contribution in [3.8, 4) is 5.75 Å². The number of carboxylic acid groups (broad SMARTS) is 1. The maximum Gasteiger partial charge on any atom is 0.303 e. The molecule has 0 bridgehead atoms. The molecular weight excluding hydrogens is 436 g/mol. The number of carboxylic acids is 1. The normalized spacial score (nSPS) is 16.2. The molecular formula is C30H38N2O3. The predicted molar refractivity (Wildman–Crippen MR) is 142 cm³/mol. The van der Waals surface area contributed by atoms with Gasteiger partial charge in [0, 0.05) is 38.6 Å². The minimum atomic E-state index is -0.692. The van der Waals surface area contributed by atoms with Crippen LogP contribution in [0, 0.1) is 0 Å². The van der Waals surface area contributed by atoms with Crippen molar-refractivity contribution in [3.63, 3.8) is 0 Å². The highest BCUT2D eigenvalue weighted by Gasteiger charge is 2.27. The van der Waals surface area contributed by atoms with Crippen LogP contribution in [0.3, 0.4) is 0 Å². The molecule has 0 radical (unpaired) electrons. The molecule has 1 heterocycles. The van der Waals surface area contributed by atoms with Crippen molar-refractivity contribution < 1.29 is 14.6 Å². The summed E-state index contributed by atoms with van der Waals surface area (Å²) in [5.41, 5.74) is 2.73. The standard InChI is InChI=1S/C30H38N2O3/c1-35-28-15-13-24(14-16-28)22-31-20-18-27(23-31)32(19-6-2-3-12-30(33)34)21-17-26-10-7-9-25-8-4-5-11-29(25)26/h4-5,7-11,13-16,27H,2-3,6,12,17-23H2,1H3,(H,33,34). The van der Waals surface area contributed by atoms with Crippen LogP contribution in [0.4, 0.5) is 0 Å². The highest BCUT2D eigenvalue weighted by Crippen LogP contribution is 2.23. The maximum absolute atomic E-state index is 10.9. The summed E-state index contributed by atoms with van der Waals surface area (Å²) in [5.74, 6) is 0.207. The monoisotopic (exact) mass is 474 g/mol. The van der Waals surface area contributed by atoms with Gasteiger partial charge in [-0.05, 0) is 66.3 Å². The van der Waals surface area contributed by atoms with Crippen molar-refractivity contribution in [1.82, 2.24) is 9.80 Å². The SMILES string of the molecule is COc1ccc(CN2CCC(N(CCCCCC(=O)O)CCc3cccc4ccccc34)C2)cc1. The molecule has 3 aromatic rings. The van der Waals surface area contributed by atoms with E-state index in [9.17, 15) is 4.79 Å².